The highest BCUT2D eigenvalue weighted by Gasteiger charge is 2.07. The number of hydrogen-bond donors (Lipinski definition) is 0. The van der Waals surface area contributed by atoms with Crippen LogP contribution in [-0.2, 0) is 10.6 Å². The third-order valence-corrected chi connectivity index (χ3v) is 3.03. The van der Waals surface area contributed by atoms with Crippen LogP contribution in [0.25, 0.3) is 0 Å². The zero-order valence-corrected chi connectivity index (χ0v) is 11.6. The maximum Gasteiger partial charge on any atom is 0.128 e. The monoisotopic (exact) mass is 256 g/mol. The van der Waals surface area contributed by atoms with Crippen LogP contribution in [0.5, 0.6) is 0 Å². The van der Waals surface area contributed by atoms with E-state index in [2.05, 4.69) is 16.8 Å². The second-order valence-electron chi connectivity index (χ2n) is 3.82. The van der Waals surface area contributed by atoms with Gasteiger partial charge in [0.05, 0.1) is 6.61 Å². The molecule has 0 aromatic carbocycles. The molecule has 0 atom stereocenters. The summed E-state index contributed by atoms with van der Waals surface area (Å²) in [5.41, 5.74) is 2.10. The number of alkyl halides is 1. The van der Waals surface area contributed by atoms with Crippen LogP contribution < -0.4 is 4.90 Å². The molecule has 0 bridgehead atoms. The summed E-state index contributed by atoms with van der Waals surface area (Å²) in [6, 6.07) is 4.08. The summed E-state index contributed by atoms with van der Waals surface area (Å²) in [5.74, 6) is 1.52. The molecule has 0 N–H and O–H groups in total. The first-order valence-corrected chi connectivity index (χ1v) is 6.61. The summed E-state index contributed by atoms with van der Waals surface area (Å²) in [5, 5.41) is 0. The number of rotatable bonds is 7. The smallest absolute Gasteiger partial charge is 0.128 e. The molecule has 4 heteroatoms. The van der Waals surface area contributed by atoms with E-state index in [-0.39, 0.29) is 0 Å². The van der Waals surface area contributed by atoms with E-state index >= 15 is 0 Å². The summed E-state index contributed by atoms with van der Waals surface area (Å²) < 4.78 is 5.37. The highest BCUT2D eigenvalue weighted by atomic mass is 35.5. The third kappa shape index (κ3) is 4.17. The van der Waals surface area contributed by atoms with Gasteiger partial charge in [0.25, 0.3) is 0 Å². The van der Waals surface area contributed by atoms with Crippen LogP contribution in [0.1, 0.15) is 25.1 Å². The fourth-order valence-electron chi connectivity index (χ4n) is 1.65. The number of likely N-dealkylation sites (N-methyl/N-ethyl adjacent to an activating group) is 1. The van der Waals surface area contributed by atoms with Crippen molar-refractivity contribution in [2.45, 2.75) is 26.7 Å². The van der Waals surface area contributed by atoms with E-state index in [4.69, 9.17) is 16.3 Å². The van der Waals surface area contributed by atoms with Crippen molar-refractivity contribution in [3.63, 3.8) is 0 Å². The van der Waals surface area contributed by atoms with E-state index in [0.29, 0.717) is 5.88 Å². The average molecular weight is 257 g/mol. The molecule has 0 radical (unpaired) electrons. The Bertz CT molecular complexity index is 344. The van der Waals surface area contributed by atoms with Crippen LogP contribution in [0.15, 0.2) is 12.1 Å². The van der Waals surface area contributed by atoms with Gasteiger partial charge in [-0.2, -0.15) is 0 Å². The second-order valence-corrected chi connectivity index (χ2v) is 4.09. The van der Waals surface area contributed by atoms with Crippen molar-refractivity contribution in [3.05, 3.63) is 23.4 Å². The molecule has 3 nitrogen and oxygen atoms in total. The van der Waals surface area contributed by atoms with Gasteiger partial charge in [0.2, 0.25) is 0 Å². The van der Waals surface area contributed by atoms with E-state index in [1.807, 2.05) is 26.0 Å². The maximum atomic E-state index is 5.83. The second kappa shape index (κ2) is 7.51. The van der Waals surface area contributed by atoms with E-state index in [9.17, 15) is 0 Å². The fraction of sp³-hybridized carbons (Fsp3) is 0.615. The van der Waals surface area contributed by atoms with Gasteiger partial charge >= 0.3 is 0 Å². The first-order chi connectivity index (χ1) is 8.22. The largest absolute Gasteiger partial charge is 0.380 e. The number of nitrogens with zero attached hydrogens (tertiary/aromatic N) is 2. The van der Waals surface area contributed by atoms with Crippen molar-refractivity contribution >= 4 is 17.4 Å². The zero-order valence-electron chi connectivity index (χ0n) is 10.9. The molecule has 1 heterocycles. The number of aryl methyl sites for hydroxylation is 1. The molecule has 0 unspecified atom stereocenters. The molecular formula is C13H21ClN2O. The molecule has 0 saturated heterocycles. The van der Waals surface area contributed by atoms with E-state index in [1.165, 1.54) is 0 Å². The molecule has 96 valence electrons. The predicted octanol–water partition coefficient (Wildman–Crippen LogP) is 2.99. The van der Waals surface area contributed by atoms with Gasteiger partial charge in [-0.15, -0.1) is 11.6 Å². The van der Waals surface area contributed by atoms with Crippen LogP contribution in [0.2, 0.25) is 0 Å². The fourth-order valence-corrected chi connectivity index (χ4v) is 1.93. The summed E-state index contributed by atoms with van der Waals surface area (Å²) in [6.45, 7) is 9.43. The lowest BCUT2D eigenvalue weighted by Gasteiger charge is -2.22. The highest BCUT2D eigenvalue weighted by Crippen LogP contribution is 2.16. The van der Waals surface area contributed by atoms with Gasteiger partial charge in [-0.3, -0.25) is 0 Å². The normalized spacial score (nSPS) is 10.6. The first-order valence-electron chi connectivity index (χ1n) is 6.08. The minimum atomic E-state index is 0.518. The van der Waals surface area contributed by atoms with Gasteiger partial charge in [0.15, 0.2) is 0 Å². The van der Waals surface area contributed by atoms with Crippen molar-refractivity contribution in [2.24, 2.45) is 0 Å². The Hall–Kier alpha value is -0.800. The minimum Gasteiger partial charge on any atom is -0.380 e. The van der Waals surface area contributed by atoms with Gasteiger partial charge in [-0.1, -0.05) is 6.07 Å². The third-order valence-electron chi connectivity index (χ3n) is 2.74. The number of halogens is 1. The lowest BCUT2D eigenvalue weighted by Crippen LogP contribution is -2.28. The Kier molecular flexibility index (Phi) is 6.30. The lowest BCUT2D eigenvalue weighted by molar-refractivity contribution is 0.154. The standard InChI is InChI=1S/C13H21ClN2O/c1-4-16(8-9-17-5-2)13-7-6-12(10-14)11(3)15-13/h6-7H,4-5,8-10H2,1-3H3. The molecule has 0 spiro atoms. The van der Waals surface area contributed by atoms with Gasteiger partial charge in [-0.05, 0) is 32.4 Å². The molecule has 1 rings (SSSR count). The Balaban J connectivity index is 2.71. The minimum absolute atomic E-state index is 0.518. The van der Waals surface area contributed by atoms with E-state index in [0.717, 1.165) is 43.4 Å². The van der Waals surface area contributed by atoms with Gasteiger partial charge in [-0.25, -0.2) is 4.98 Å². The molecule has 0 aliphatic heterocycles. The summed E-state index contributed by atoms with van der Waals surface area (Å²) in [6.07, 6.45) is 0. The first kappa shape index (κ1) is 14.3. The average Bonchev–Trinajstić information content (AvgIpc) is 2.35. The summed E-state index contributed by atoms with van der Waals surface area (Å²) in [4.78, 5) is 6.79. The number of aromatic nitrogens is 1. The van der Waals surface area contributed by atoms with Crippen molar-refractivity contribution in [1.29, 1.82) is 0 Å². The van der Waals surface area contributed by atoms with Crippen molar-refractivity contribution in [1.82, 2.24) is 4.98 Å². The van der Waals surface area contributed by atoms with Crippen LogP contribution in [-0.4, -0.2) is 31.3 Å². The molecule has 0 saturated carbocycles. The molecular weight excluding hydrogens is 236 g/mol. The Morgan fingerprint density at radius 1 is 1.35 bits per heavy atom. The van der Waals surface area contributed by atoms with Gasteiger partial charge in [0, 0.05) is 31.3 Å². The van der Waals surface area contributed by atoms with Crippen LogP contribution in [0, 0.1) is 6.92 Å². The zero-order chi connectivity index (χ0) is 12.7. The van der Waals surface area contributed by atoms with E-state index in [1.54, 1.807) is 0 Å². The number of anilines is 1. The molecule has 0 amide bonds. The van der Waals surface area contributed by atoms with Crippen molar-refractivity contribution < 1.29 is 4.74 Å². The maximum absolute atomic E-state index is 5.83. The van der Waals surface area contributed by atoms with Crippen LogP contribution in [0.3, 0.4) is 0 Å². The van der Waals surface area contributed by atoms with Crippen LogP contribution in [0.4, 0.5) is 5.82 Å². The summed E-state index contributed by atoms with van der Waals surface area (Å²) in [7, 11) is 0. The Labute approximate surface area is 109 Å². The Morgan fingerprint density at radius 3 is 2.65 bits per heavy atom. The van der Waals surface area contributed by atoms with E-state index < -0.39 is 0 Å². The molecule has 0 aliphatic rings. The topological polar surface area (TPSA) is 25.4 Å². The SMILES string of the molecule is CCOCCN(CC)c1ccc(CCl)c(C)n1. The molecule has 17 heavy (non-hydrogen) atoms. The van der Waals surface area contributed by atoms with Crippen LogP contribution >= 0.6 is 11.6 Å². The highest BCUT2D eigenvalue weighted by molar-refractivity contribution is 6.17. The quantitative estimate of drug-likeness (QED) is 0.554. The molecule has 0 fully saturated rings. The van der Waals surface area contributed by atoms with Gasteiger partial charge < -0.3 is 9.64 Å². The number of hydrogen-bond acceptors (Lipinski definition) is 3. The lowest BCUT2D eigenvalue weighted by atomic mass is 10.2. The number of ether oxygens (including phenoxy) is 1. The molecule has 1 aromatic rings. The summed E-state index contributed by atoms with van der Waals surface area (Å²) >= 11 is 5.83. The van der Waals surface area contributed by atoms with Gasteiger partial charge in [0.1, 0.15) is 5.82 Å². The van der Waals surface area contributed by atoms with Crippen molar-refractivity contribution in [2.75, 3.05) is 31.2 Å². The molecule has 1 aromatic heterocycles. The predicted molar refractivity (Wildman–Crippen MR) is 72.9 cm³/mol. The Morgan fingerprint density at radius 2 is 2.12 bits per heavy atom. The molecule has 0 aliphatic carbocycles. The van der Waals surface area contributed by atoms with Crippen molar-refractivity contribution in [3.8, 4) is 0 Å². The number of pyridine rings is 1.